The van der Waals surface area contributed by atoms with Gasteiger partial charge in [0.1, 0.15) is 22.6 Å². The van der Waals surface area contributed by atoms with Crippen molar-refractivity contribution in [1.82, 2.24) is 9.97 Å². The zero-order chi connectivity index (χ0) is 13.3. The van der Waals surface area contributed by atoms with E-state index >= 15 is 0 Å². The molecule has 0 aliphatic carbocycles. The maximum absolute atomic E-state index is 13.2. The molecule has 94 valence electrons. The first-order valence-corrected chi connectivity index (χ1v) is 5.89. The molecule has 1 aromatic carbocycles. The van der Waals surface area contributed by atoms with Gasteiger partial charge >= 0.3 is 0 Å². The molecule has 0 aliphatic rings. The van der Waals surface area contributed by atoms with Crippen LogP contribution in [0.25, 0.3) is 0 Å². The summed E-state index contributed by atoms with van der Waals surface area (Å²) in [4.78, 5) is 8.34. The lowest BCUT2D eigenvalue weighted by atomic mass is 10.2. The van der Waals surface area contributed by atoms with Crippen molar-refractivity contribution in [2.75, 3.05) is 5.32 Å². The number of anilines is 2. The summed E-state index contributed by atoms with van der Waals surface area (Å²) < 4.78 is 13.2. The van der Waals surface area contributed by atoms with Crippen LogP contribution in [0, 0.1) is 26.6 Å². The SMILES string of the molecule is Cc1nc(Cl)c(C)c(Nc2ccc(F)c(C)c2)n1. The van der Waals surface area contributed by atoms with Crippen LogP contribution in [0.5, 0.6) is 0 Å². The van der Waals surface area contributed by atoms with Gasteiger partial charge in [-0.15, -0.1) is 0 Å². The molecule has 1 N–H and O–H groups in total. The number of nitrogens with zero attached hydrogens (tertiary/aromatic N) is 2. The fourth-order valence-electron chi connectivity index (χ4n) is 1.58. The Hall–Kier alpha value is -1.68. The molecule has 2 aromatic rings. The van der Waals surface area contributed by atoms with Gasteiger partial charge in [0.05, 0.1) is 0 Å². The van der Waals surface area contributed by atoms with Gasteiger partial charge in [-0.1, -0.05) is 11.6 Å². The van der Waals surface area contributed by atoms with Gasteiger partial charge in [-0.25, -0.2) is 14.4 Å². The van der Waals surface area contributed by atoms with Gasteiger partial charge in [0.2, 0.25) is 0 Å². The summed E-state index contributed by atoms with van der Waals surface area (Å²) in [6.07, 6.45) is 0. The second kappa shape index (κ2) is 4.90. The minimum atomic E-state index is -0.228. The van der Waals surface area contributed by atoms with Crippen LogP contribution in [0.2, 0.25) is 5.15 Å². The Morgan fingerprint density at radius 3 is 2.56 bits per heavy atom. The molecule has 0 unspecified atom stereocenters. The normalized spacial score (nSPS) is 10.5. The predicted molar refractivity (Wildman–Crippen MR) is 70.9 cm³/mol. The lowest BCUT2D eigenvalue weighted by molar-refractivity contribution is 0.619. The Morgan fingerprint density at radius 2 is 1.89 bits per heavy atom. The number of aryl methyl sites for hydroxylation is 2. The van der Waals surface area contributed by atoms with Gasteiger partial charge in [-0.2, -0.15) is 0 Å². The van der Waals surface area contributed by atoms with E-state index in [-0.39, 0.29) is 5.82 Å². The van der Waals surface area contributed by atoms with Crippen LogP contribution in [-0.4, -0.2) is 9.97 Å². The molecule has 18 heavy (non-hydrogen) atoms. The first kappa shape index (κ1) is 12.8. The second-order valence-electron chi connectivity index (χ2n) is 4.12. The van der Waals surface area contributed by atoms with Crippen LogP contribution in [0.4, 0.5) is 15.9 Å². The first-order valence-electron chi connectivity index (χ1n) is 5.51. The Balaban J connectivity index is 2.36. The van der Waals surface area contributed by atoms with Gasteiger partial charge in [0.15, 0.2) is 0 Å². The molecule has 0 saturated heterocycles. The molecular weight excluding hydrogens is 253 g/mol. The Labute approximate surface area is 110 Å². The zero-order valence-corrected chi connectivity index (χ0v) is 11.1. The van der Waals surface area contributed by atoms with E-state index in [1.807, 2.05) is 6.92 Å². The summed E-state index contributed by atoms with van der Waals surface area (Å²) in [5, 5.41) is 3.54. The van der Waals surface area contributed by atoms with E-state index in [0.29, 0.717) is 22.4 Å². The maximum atomic E-state index is 13.2. The highest BCUT2D eigenvalue weighted by Gasteiger charge is 2.08. The molecule has 0 fully saturated rings. The number of aromatic nitrogens is 2. The Kier molecular flexibility index (Phi) is 3.48. The smallest absolute Gasteiger partial charge is 0.138 e. The highest BCUT2D eigenvalue weighted by molar-refractivity contribution is 6.30. The number of nitrogens with one attached hydrogen (secondary N) is 1. The molecule has 3 nitrogen and oxygen atoms in total. The minimum Gasteiger partial charge on any atom is -0.340 e. The van der Waals surface area contributed by atoms with Crippen molar-refractivity contribution in [3.8, 4) is 0 Å². The molecule has 2 rings (SSSR count). The summed E-state index contributed by atoms with van der Waals surface area (Å²) in [7, 11) is 0. The average Bonchev–Trinajstić information content (AvgIpc) is 2.30. The van der Waals surface area contributed by atoms with Crippen LogP contribution >= 0.6 is 11.6 Å². The summed E-state index contributed by atoms with van der Waals surface area (Å²) >= 11 is 5.99. The third kappa shape index (κ3) is 2.59. The topological polar surface area (TPSA) is 37.8 Å². The highest BCUT2D eigenvalue weighted by Crippen LogP contribution is 2.24. The molecule has 1 aromatic heterocycles. The summed E-state index contributed by atoms with van der Waals surface area (Å²) in [6, 6.07) is 4.80. The molecule has 0 spiro atoms. The third-order valence-corrected chi connectivity index (χ3v) is 2.99. The lowest BCUT2D eigenvalue weighted by Crippen LogP contribution is -2.01. The summed E-state index contributed by atoms with van der Waals surface area (Å²) in [6.45, 7) is 5.32. The van der Waals surface area contributed by atoms with E-state index in [4.69, 9.17) is 11.6 Å². The van der Waals surface area contributed by atoms with Crippen LogP contribution < -0.4 is 5.32 Å². The lowest BCUT2D eigenvalue weighted by Gasteiger charge is -2.11. The molecule has 5 heteroatoms. The maximum Gasteiger partial charge on any atom is 0.138 e. The number of benzene rings is 1. The van der Waals surface area contributed by atoms with Crippen molar-refractivity contribution in [2.24, 2.45) is 0 Å². The summed E-state index contributed by atoms with van der Waals surface area (Å²) in [5.41, 5.74) is 2.12. The third-order valence-electron chi connectivity index (χ3n) is 2.62. The fraction of sp³-hybridized carbons (Fsp3) is 0.231. The quantitative estimate of drug-likeness (QED) is 0.836. The van der Waals surface area contributed by atoms with E-state index in [2.05, 4.69) is 15.3 Å². The van der Waals surface area contributed by atoms with Crippen molar-refractivity contribution in [3.63, 3.8) is 0 Å². The van der Waals surface area contributed by atoms with Gasteiger partial charge in [0.25, 0.3) is 0 Å². The van der Waals surface area contributed by atoms with E-state index in [1.54, 1.807) is 26.0 Å². The molecule has 0 bridgehead atoms. The van der Waals surface area contributed by atoms with Crippen LogP contribution in [-0.2, 0) is 0 Å². The van der Waals surface area contributed by atoms with Crippen molar-refractivity contribution < 1.29 is 4.39 Å². The first-order chi connectivity index (χ1) is 8.47. The average molecular weight is 266 g/mol. The van der Waals surface area contributed by atoms with E-state index in [9.17, 15) is 4.39 Å². The van der Waals surface area contributed by atoms with Crippen molar-refractivity contribution >= 4 is 23.1 Å². The highest BCUT2D eigenvalue weighted by atomic mass is 35.5. The van der Waals surface area contributed by atoms with Crippen molar-refractivity contribution in [3.05, 3.63) is 46.1 Å². The van der Waals surface area contributed by atoms with E-state index in [0.717, 1.165) is 11.3 Å². The zero-order valence-electron chi connectivity index (χ0n) is 10.4. The van der Waals surface area contributed by atoms with E-state index in [1.165, 1.54) is 6.07 Å². The minimum absolute atomic E-state index is 0.228. The van der Waals surface area contributed by atoms with Gasteiger partial charge in [0, 0.05) is 11.3 Å². The molecule has 0 atom stereocenters. The van der Waals surface area contributed by atoms with Gasteiger partial charge in [-0.3, -0.25) is 0 Å². The molecule has 0 radical (unpaired) electrons. The predicted octanol–water partition coefficient (Wildman–Crippen LogP) is 3.94. The number of halogens is 2. The van der Waals surface area contributed by atoms with E-state index < -0.39 is 0 Å². The van der Waals surface area contributed by atoms with Crippen LogP contribution in [0.15, 0.2) is 18.2 Å². The number of hydrogen-bond donors (Lipinski definition) is 1. The summed E-state index contributed by atoms with van der Waals surface area (Å²) in [5.74, 6) is 1.000. The standard InChI is InChI=1S/C13H13ClFN3/c1-7-6-10(4-5-11(7)15)18-13-8(2)12(14)16-9(3)17-13/h4-6H,1-3H3,(H,16,17,18). The Morgan fingerprint density at radius 1 is 1.17 bits per heavy atom. The van der Waals surface area contributed by atoms with Crippen LogP contribution in [0.3, 0.4) is 0 Å². The van der Waals surface area contributed by atoms with Gasteiger partial charge in [-0.05, 0) is 44.5 Å². The largest absolute Gasteiger partial charge is 0.340 e. The van der Waals surface area contributed by atoms with Gasteiger partial charge < -0.3 is 5.32 Å². The molecule has 1 heterocycles. The molecule has 0 aliphatic heterocycles. The number of hydrogen-bond acceptors (Lipinski definition) is 3. The molecular formula is C13H13ClFN3. The van der Waals surface area contributed by atoms with Crippen molar-refractivity contribution in [2.45, 2.75) is 20.8 Å². The fourth-order valence-corrected chi connectivity index (χ4v) is 1.79. The van der Waals surface area contributed by atoms with Crippen molar-refractivity contribution in [1.29, 1.82) is 0 Å². The molecule has 0 amide bonds. The Bertz CT molecular complexity index is 599. The second-order valence-corrected chi connectivity index (χ2v) is 4.48. The van der Waals surface area contributed by atoms with Crippen LogP contribution in [0.1, 0.15) is 17.0 Å². The number of rotatable bonds is 2. The molecule has 0 saturated carbocycles. The monoisotopic (exact) mass is 265 g/mol.